The van der Waals surface area contributed by atoms with E-state index < -0.39 is 0 Å². The van der Waals surface area contributed by atoms with E-state index in [4.69, 9.17) is 15.0 Å². The maximum absolute atomic E-state index is 8.36. The number of carboxylic acid groups (broad SMARTS) is 1. The van der Waals surface area contributed by atoms with Gasteiger partial charge in [-0.15, -0.1) is 0 Å². The van der Waals surface area contributed by atoms with Crippen LogP contribution in [0.4, 0.5) is 0 Å². The summed E-state index contributed by atoms with van der Waals surface area (Å²) in [4.78, 5) is 8.36. The van der Waals surface area contributed by atoms with Gasteiger partial charge in [-0.05, 0) is 0 Å². The van der Waals surface area contributed by atoms with Gasteiger partial charge in [-0.25, -0.2) is 0 Å². The smallest absolute Gasteiger partial charge is 0.290 e. The van der Waals surface area contributed by atoms with Crippen LogP contribution in [0, 0.1) is 0 Å². The van der Waals surface area contributed by atoms with Crippen LogP contribution in [0.2, 0.25) is 0 Å². The minimum absolute atomic E-state index is 0. The molecule has 0 aliphatic rings. The summed E-state index contributed by atoms with van der Waals surface area (Å²) in [5.41, 5.74) is 0. The van der Waals surface area contributed by atoms with Crippen molar-refractivity contribution in [2.75, 3.05) is 7.11 Å². The van der Waals surface area contributed by atoms with Crippen molar-refractivity contribution in [1.29, 1.82) is 0 Å². The van der Waals surface area contributed by atoms with E-state index >= 15 is 0 Å². The molecule has 108 heavy (non-hydrogen) atoms. The third kappa shape index (κ3) is 1180. The summed E-state index contributed by atoms with van der Waals surface area (Å²) >= 11 is 0. The third-order valence-electron chi connectivity index (χ3n) is 0. The average molecular weight is 15000 g/mol. The van der Waals surface area contributed by atoms with Crippen molar-refractivity contribution in [2.24, 2.45) is 0 Å². The summed E-state index contributed by atoms with van der Waals surface area (Å²) < 4.78 is 0. The maximum atomic E-state index is 8.36. The first-order valence-corrected chi connectivity index (χ1v) is 0.941. The predicted octanol–water partition coefficient (Wildman–Crippen LogP) is -0.310. The van der Waals surface area contributed by atoms with Crippen LogP contribution in [0.15, 0.2) is 0 Å². The van der Waals surface area contributed by atoms with E-state index in [-0.39, 0.29) is 2040 Å². The molecule has 2 N–H and O–H groups in total. The van der Waals surface area contributed by atoms with Crippen molar-refractivity contribution in [3.8, 4) is 0 Å². The largest absolute Gasteiger partial charge is 0.483 e. The van der Waals surface area contributed by atoms with Gasteiger partial charge < -0.3 is 10.2 Å². The first-order valence-electron chi connectivity index (χ1n) is 0.941. The van der Waals surface area contributed by atoms with Gasteiger partial charge in [-0.3, -0.25) is 4.79 Å². The van der Waals surface area contributed by atoms with Crippen LogP contribution < -0.4 is 0 Å². The standard InChI is InChI=1S/CH2O2.CH4O.CH4.30Fe.72W/c2-1-3;1-2;;;;;;;;;;;;;;;;;;;;;;;;;;;;;;;;;;;;;;;;;;;;;;;;;;;;;;;;;;;;;;;;;;;;;;;;;;;;;;;;;;;;;;;;;;;;;;;;;;;;;;;/h1H,(H,2,3);2H,1H3;1H4;;;;;;;;;;;;;;;;;;;;;;;;;;;;;;;;;;;;;;;;;;;;;;;;;;;;;;;;;;;;;;;;;;;;;;;;;;;;;;;;;;;;;;;;;;;;;;;;;;;;;;. The van der Waals surface area contributed by atoms with Crippen molar-refractivity contribution in [2.45, 2.75) is 7.43 Å². The summed E-state index contributed by atoms with van der Waals surface area (Å²) in [6.07, 6.45) is 0. The van der Waals surface area contributed by atoms with Crippen molar-refractivity contribution in [3.63, 3.8) is 0 Å². The second kappa shape index (κ2) is 1160. The van der Waals surface area contributed by atoms with Crippen LogP contribution in [0.5, 0.6) is 0 Å². The van der Waals surface area contributed by atoms with Gasteiger partial charge in [0.25, 0.3) is 6.47 Å². The Morgan fingerprint density at radius 1 is 0.102 bits per heavy atom. The maximum Gasteiger partial charge on any atom is 0.290 e. The van der Waals surface area contributed by atoms with E-state index in [2.05, 4.69) is 0 Å². The fourth-order valence-electron chi connectivity index (χ4n) is 0. The van der Waals surface area contributed by atoms with Crippen molar-refractivity contribution in [1.82, 2.24) is 0 Å². The Morgan fingerprint density at radius 3 is 0.102 bits per heavy atom. The zero-order valence-electron chi connectivity index (χ0n) is 42.9. The second-order valence-electron chi connectivity index (χ2n) is 0.105. The van der Waals surface area contributed by atoms with Gasteiger partial charge in [0.05, 0.1) is 0 Å². The van der Waals surface area contributed by atoms with Gasteiger partial charge in [0.2, 0.25) is 0 Å². The van der Waals surface area contributed by atoms with Crippen molar-refractivity contribution < 1.29 is 2040 Å². The first-order chi connectivity index (χ1) is 2.41. The number of aliphatic hydroxyl groups excluding tert-OH is 1. The van der Waals surface area contributed by atoms with Gasteiger partial charge in [0, 0.05) is 2040 Å². The molecule has 0 aliphatic carbocycles. The van der Waals surface area contributed by atoms with Gasteiger partial charge in [-0.2, -0.15) is 0 Å². The SMILES string of the molecule is C.CO.O=CO.[Fe].[Fe].[Fe].[Fe].[Fe].[Fe].[Fe].[Fe].[Fe].[Fe].[Fe].[Fe].[Fe].[Fe].[Fe].[Fe].[Fe].[Fe].[Fe].[Fe].[Fe].[Fe].[Fe].[Fe].[Fe].[Fe].[Fe].[Fe].[Fe].[Fe].[W].[W].[W].[W].[W].[W].[W].[W].[W].[W].[W].[W].[W].[W].[W].[W].[W].[W].[W].[W].[W].[W].[W].[W].[W].[W].[W].[W].[W].[W].[W].[W].[W].[W].[W].[W].[W].[W].[W].[W].[W].[W].[W].[W].[W].[W].[W].[W].[W].[W].[W].[W].[W].[W].[W].[W].[W].[W].[W].[W].[W].[W].[W].[W].[W].[W].[W].[W].[W].[W].[W].[W]. The summed E-state index contributed by atoms with van der Waals surface area (Å²) in [6, 6.07) is 0. The van der Waals surface area contributed by atoms with E-state index in [1.807, 2.05) is 0 Å². The van der Waals surface area contributed by atoms with Gasteiger partial charge in [0.1, 0.15) is 0 Å². The summed E-state index contributed by atoms with van der Waals surface area (Å²) in [7, 11) is 1.00. The van der Waals surface area contributed by atoms with E-state index in [0.29, 0.717) is 0 Å². The van der Waals surface area contributed by atoms with Crippen molar-refractivity contribution >= 4 is 6.47 Å². The molecule has 0 aromatic rings. The molecule has 0 bridgehead atoms. The topological polar surface area (TPSA) is 57.5 Å². The molecule has 0 saturated carbocycles. The van der Waals surface area contributed by atoms with Crippen LogP contribution >= 0.6 is 0 Å². The molecule has 712 valence electrons. The molecule has 0 fully saturated rings. The minimum atomic E-state index is -0.250. The molecule has 0 aliphatic heterocycles. The van der Waals surface area contributed by atoms with Gasteiger partial charge in [-0.1, -0.05) is 7.43 Å². The fraction of sp³-hybridized carbons (Fsp3) is 0.667. The molecule has 0 unspecified atom stereocenters. The third-order valence-corrected chi connectivity index (χ3v) is 0. The van der Waals surface area contributed by atoms with Crippen LogP contribution in [0.3, 0.4) is 0 Å². The monoisotopic (exact) mass is 15000 g/mol. The molecule has 0 rings (SSSR count). The molecule has 0 radical (unpaired) electrons. The summed E-state index contributed by atoms with van der Waals surface area (Å²) in [5.74, 6) is 0. The molecule has 0 saturated heterocycles. The molecule has 105 heteroatoms. The predicted molar refractivity (Wildman–Crippen MR) is 23.6 cm³/mol. The summed E-state index contributed by atoms with van der Waals surface area (Å²) in [6.45, 7) is -0.250. The Balaban J connectivity index is -0.00000000000830. The molecule has 0 atom stereocenters. The normalized spacial score (nSPS) is 0.167. The minimum Gasteiger partial charge on any atom is -0.483 e. The molecule has 0 aromatic heterocycles. The Morgan fingerprint density at radius 2 is 0.102 bits per heavy atom. The molecule has 0 spiro atoms. The Kier molecular flexibility index (Phi) is 12000. The Labute approximate surface area is 2000 Å². The second-order valence-corrected chi connectivity index (χ2v) is 0.105. The zero-order chi connectivity index (χ0) is 4.71. The number of rotatable bonds is 0. The van der Waals surface area contributed by atoms with Gasteiger partial charge in [0.15, 0.2) is 0 Å². The van der Waals surface area contributed by atoms with Crippen LogP contribution in [-0.2, 0) is 2030 Å². The Hall–Kier alpha value is 64.6. The van der Waals surface area contributed by atoms with E-state index in [0.717, 1.165) is 7.11 Å². The fourth-order valence-corrected chi connectivity index (χ4v) is 0. The molecular weight excluding hydrogens is 15000 g/mol. The summed E-state index contributed by atoms with van der Waals surface area (Å²) in [5, 5.41) is 13.9. The van der Waals surface area contributed by atoms with E-state index in [1.165, 1.54) is 0 Å². The van der Waals surface area contributed by atoms with E-state index in [1.54, 1.807) is 0 Å². The van der Waals surface area contributed by atoms with Gasteiger partial charge >= 0.3 is 0 Å². The first kappa shape index (κ1) is 1110. The van der Waals surface area contributed by atoms with Crippen LogP contribution in [-0.4, -0.2) is 23.8 Å². The molecule has 0 heterocycles. The average Bonchev–Trinajstić information content (AvgIpc) is 1.46. The molecule has 0 aromatic carbocycles. The molecular formula is C3H10Fe30O3W72. The molecule has 0 amide bonds. The van der Waals surface area contributed by atoms with E-state index in [9.17, 15) is 0 Å². The number of carbonyl (C=O) groups is 1. The number of hydrogen-bond acceptors (Lipinski definition) is 2. The quantitative estimate of drug-likeness (QED) is 0.259. The van der Waals surface area contributed by atoms with Crippen molar-refractivity contribution in [3.05, 3.63) is 0 Å². The van der Waals surface area contributed by atoms with Crippen LogP contribution in [0.25, 0.3) is 0 Å². The molecule has 3 nitrogen and oxygen atoms in total. The number of aliphatic hydroxyl groups is 1. The zero-order valence-corrected chi connectivity index (χ0v) is 287. The number of hydrogen-bond donors (Lipinski definition) is 2. The Bertz CT molecular complexity index is 136. The van der Waals surface area contributed by atoms with Crippen LogP contribution in [0.1, 0.15) is 7.43 Å².